The number of aromatic nitrogens is 3. The minimum Gasteiger partial charge on any atom is -0.315 e. The van der Waals surface area contributed by atoms with Crippen LogP contribution in [0, 0.1) is 0 Å². The topological polar surface area (TPSA) is 95.7 Å². The van der Waals surface area contributed by atoms with E-state index in [1.165, 1.54) is 21.2 Å². The lowest BCUT2D eigenvalue weighted by atomic mass is 10.0. The number of thiazole rings is 1. The molecule has 0 radical (unpaired) electrons. The molecule has 0 atom stereocenters. The van der Waals surface area contributed by atoms with Gasteiger partial charge in [0, 0.05) is 24.5 Å². The summed E-state index contributed by atoms with van der Waals surface area (Å²) in [4.78, 5) is 41.0. The summed E-state index contributed by atoms with van der Waals surface area (Å²) in [6, 6.07) is 1.15. The number of alkyl halides is 6. The zero-order chi connectivity index (χ0) is 26.7. The summed E-state index contributed by atoms with van der Waals surface area (Å²) in [7, 11) is 1.55. The molecule has 1 N–H and O–H groups in total. The van der Waals surface area contributed by atoms with Gasteiger partial charge in [0.1, 0.15) is 6.54 Å². The molecule has 16 heteroatoms. The molecule has 37 heavy (non-hydrogen) atoms. The molecule has 3 aromatic rings. The Morgan fingerprint density at radius 1 is 1.11 bits per heavy atom. The molecule has 0 bridgehead atoms. The van der Waals surface area contributed by atoms with Crippen LogP contribution in [0.1, 0.15) is 21.6 Å². The van der Waals surface area contributed by atoms with Crippen molar-refractivity contribution in [2.24, 2.45) is 4.99 Å². The molecule has 0 saturated carbocycles. The van der Waals surface area contributed by atoms with Gasteiger partial charge >= 0.3 is 12.4 Å². The second-order valence-corrected chi connectivity index (χ2v) is 8.98. The van der Waals surface area contributed by atoms with Crippen LogP contribution in [0.5, 0.6) is 0 Å². The van der Waals surface area contributed by atoms with E-state index in [9.17, 15) is 35.9 Å². The van der Waals surface area contributed by atoms with Crippen LogP contribution in [-0.2, 0) is 23.7 Å². The molecular weight excluding hydrogens is 528 g/mol. The monoisotopic (exact) mass is 543 g/mol. The number of guanidine groups is 1. The minimum atomic E-state index is -5.00. The molecule has 1 aromatic carbocycles. The second kappa shape index (κ2) is 8.57. The highest BCUT2D eigenvalue weighted by molar-refractivity contribution is 7.14. The number of rotatable bonds is 4. The molecule has 4 heterocycles. The van der Waals surface area contributed by atoms with Gasteiger partial charge in [-0.2, -0.15) is 26.3 Å². The molecule has 194 valence electrons. The summed E-state index contributed by atoms with van der Waals surface area (Å²) >= 11 is 0.825. The molecule has 9 nitrogen and oxygen atoms in total. The smallest absolute Gasteiger partial charge is 0.315 e. The first-order valence-electron chi connectivity index (χ1n) is 10.5. The first-order chi connectivity index (χ1) is 17.3. The van der Waals surface area contributed by atoms with Crippen LogP contribution in [0.2, 0.25) is 0 Å². The number of aliphatic imine (C=N–C) groups is 1. The molecule has 0 saturated heterocycles. The number of anilines is 2. The van der Waals surface area contributed by atoms with Crippen LogP contribution in [-0.4, -0.2) is 57.3 Å². The number of nitrogens with zero attached hydrogens (tertiary/aromatic N) is 6. The summed E-state index contributed by atoms with van der Waals surface area (Å²) in [5.41, 5.74) is -3.33. The minimum absolute atomic E-state index is 0.0278. The van der Waals surface area contributed by atoms with Crippen LogP contribution in [0.4, 0.5) is 37.3 Å². The van der Waals surface area contributed by atoms with Crippen molar-refractivity contribution in [2.75, 3.05) is 30.4 Å². The van der Waals surface area contributed by atoms with Gasteiger partial charge in [-0.05, 0) is 18.2 Å². The Morgan fingerprint density at radius 2 is 1.78 bits per heavy atom. The van der Waals surface area contributed by atoms with Gasteiger partial charge in [0.05, 0.1) is 29.7 Å². The molecule has 0 fully saturated rings. The van der Waals surface area contributed by atoms with E-state index >= 15 is 0 Å². The molecule has 2 amide bonds. The maximum absolute atomic E-state index is 13.2. The predicted molar refractivity (Wildman–Crippen MR) is 120 cm³/mol. The summed E-state index contributed by atoms with van der Waals surface area (Å²) in [5, 5.41) is 3.64. The van der Waals surface area contributed by atoms with Gasteiger partial charge in [-0.25, -0.2) is 9.97 Å². The summed E-state index contributed by atoms with van der Waals surface area (Å²) < 4.78 is 80.3. The standard InChI is InChI=1S/C21H15F6N7O2S/c1-32-17(36)15-16(34-3-2-28-19(32)34)29-9-33(15)7-14(35)31-18-30-13(8-37-18)10-4-11(20(22,23)24)6-12(5-10)21(25,26)27/h4-6,8-9H,2-3,7H2,1H3,(H,30,31,35). The van der Waals surface area contributed by atoms with E-state index in [0.717, 1.165) is 11.3 Å². The lowest BCUT2D eigenvalue weighted by Crippen LogP contribution is -2.48. The van der Waals surface area contributed by atoms with Crippen LogP contribution in [0.25, 0.3) is 11.3 Å². The van der Waals surface area contributed by atoms with Crippen molar-refractivity contribution in [1.29, 1.82) is 0 Å². The van der Waals surface area contributed by atoms with Crippen molar-refractivity contribution in [3.8, 4) is 11.3 Å². The third-order valence-corrected chi connectivity index (χ3v) is 6.41. The van der Waals surface area contributed by atoms with E-state index in [-0.39, 0.29) is 29.1 Å². The number of amides is 2. The molecule has 0 aliphatic carbocycles. The van der Waals surface area contributed by atoms with Gasteiger partial charge in [0.2, 0.25) is 11.9 Å². The maximum atomic E-state index is 13.2. The molecule has 0 spiro atoms. The number of carbonyl (C=O) groups is 2. The van der Waals surface area contributed by atoms with Gasteiger partial charge in [-0.3, -0.25) is 24.4 Å². The molecular formula is C21H15F6N7O2S. The SMILES string of the molecule is CN1C(=O)c2c(ncn2CC(=O)Nc2nc(-c3cc(C(F)(F)F)cc(C(F)(F)F)c3)cs2)N2CCN=C12. The second-order valence-electron chi connectivity index (χ2n) is 8.12. The van der Waals surface area contributed by atoms with Gasteiger partial charge in [-0.1, -0.05) is 0 Å². The highest BCUT2D eigenvalue weighted by atomic mass is 32.1. The molecule has 2 aliphatic heterocycles. The number of nitrogens with one attached hydrogen (secondary N) is 1. The zero-order valence-electron chi connectivity index (χ0n) is 18.7. The Hall–Kier alpha value is -3.95. The van der Waals surface area contributed by atoms with Crippen LogP contribution >= 0.6 is 11.3 Å². The van der Waals surface area contributed by atoms with E-state index in [1.54, 1.807) is 11.9 Å². The van der Waals surface area contributed by atoms with E-state index < -0.39 is 40.9 Å². The highest BCUT2D eigenvalue weighted by Gasteiger charge is 2.39. The quantitative estimate of drug-likeness (QED) is 0.503. The fraction of sp³-hybridized carbons (Fsp3) is 0.286. The Balaban J connectivity index is 1.36. The number of hydrogen-bond donors (Lipinski definition) is 1. The van der Waals surface area contributed by atoms with Crippen molar-refractivity contribution < 1.29 is 35.9 Å². The Bertz CT molecular complexity index is 1410. The Labute approximate surface area is 208 Å². The number of benzene rings is 1. The average Bonchev–Trinajstić information content (AvgIpc) is 3.56. The Morgan fingerprint density at radius 3 is 2.43 bits per heavy atom. The van der Waals surface area contributed by atoms with Crippen molar-refractivity contribution in [3.05, 3.63) is 46.7 Å². The largest absolute Gasteiger partial charge is 0.416 e. The van der Waals surface area contributed by atoms with Gasteiger partial charge < -0.3 is 9.88 Å². The van der Waals surface area contributed by atoms with Gasteiger partial charge in [-0.15, -0.1) is 11.3 Å². The van der Waals surface area contributed by atoms with Gasteiger partial charge in [0.25, 0.3) is 5.91 Å². The molecule has 5 rings (SSSR count). The number of halogens is 6. The third kappa shape index (κ3) is 4.52. The predicted octanol–water partition coefficient (Wildman–Crippen LogP) is 3.94. The maximum Gasteiger partial charge on any atom is 0.416 e. The number of hydrogen-bond acceptors (Lipinski definition) is 7. The molecule has 0 unspecified atom stereocenters. The number of carbonyl (C=O) groups excluding carboxylic acids is 2. The summed E-state index contributed by atoms with van der Waals surface area (Å²) in [6.45, 7) is 0.679. The van der Waals surface area contributed by atoms with Crippen molar-refractivity contribution in [3.63, 3.8) is 0 Å². The zero-order valence-corrected chi connectivity index (χ0v) is 19.5. The van der Waals surface area contributed by atoms with E-state index in [1.807, 2.05) is 0 Å². The fourth-order valence-corrected chi connectivity index (χ4v) is 4.70. The van der Waals surface area contributed by atoms with Gasteiger partial charge in [0.15, 0.2) is 16.6 Å². The van der Waals surface area contributed by atoms with Crippen molar-refractivity contribution in [2.45, 2.75) is 18.9 Å². The van der Waals surface area contributed by atoms with Crippen molar-refractivity contribution >= 4 is 40.1 Å². The van der Waals surface area contributed by atoms with Crippen LogP contribution in [0.15, 0.2) is 34.9 Å². The lowest BCUT2D eigenvalue weighted by molar-refractivity contribution is -0.143. The molecule has 2 aliphatic rings. The van der Waals surface area contributed by atoms with Crippen molar-refractivity contribution in [1.82, 2.24) is 19.4 Å². The Kier molecular flexibility index (Phi) is 5.73. The molecule has 2 aromatic heterocycles. The van der Waals surface area contributed by atoms with Crippen LogP contribution < -0.4 is 10.2 Å². The lowest BCUT2D eigenvalue weighted by Gasteiger charge is -2.30. The normalized spacial score (nSPS) is 15.5. The summed E-state index contributed by atoms with van der Waals surface area (Å²) in [5.74, 6) is -0.198. The van der Waals surface area contributed by atoms with Crippen LogP contribution in [0.3, 0.4) is 0 Å². The average molecular weight is 543 g/mol. The fourth-order valence-electron chi connectivity index (χ4n) is 3.96. The van der Waals surface area contributed by atoms with E-state index in [4.69, 9.17) is 0 Å². The van der Waals surface area contributed by atoms with E-state index in [2.05, 4.69) is 20.3 Å². The number of imidazole rings is 1. The van der Waals surface area contributed by atoms with E-state index in [0.29, 0.717) is 37.0 Å². The first kappa shape index (κ1) is 24.7. The first-order valence-corrected chi connectivity index (χ1v) is 11.4. The number of fused-ring (bicyclic) bond motifs is 3. The third-order valence-electron chi connectivity index (χ3n) is 5.65. The highest BCUT2D eigenvalue weighted by Crippen LogP contribution is 2.39. The summed E-state index contributed by atoms with van der Waals surface area (Å²) in [6.07, 6.45) is -8.67.